The van der Waals surface area contributed by atoms with E-state index in [9.17, 15) is 22.8 Å². The van der Waals surface area contributed by atoms with Crippen molar-refractivity contribution in [3.63, 3.8) is 0 Å². The van der Waals surface area contributed by atoms with E-state index < -0.39 is 23.6 Å². The molecule has 5 nitrogen and oxygen atoms in total. The summed E-state index contributed by atoms with van der Waals surface area (Å²) in [5, 5.41) is 4.19. The Hall–Kier alpha value is -3.55. The lowest BCUT2D eigenvalue weighted by atomic mass is 9.96. The van der Waals surface area contributed by atoms with Gasteiger partial charge in [0.2, 0.25) is 11.8 Å². The van der Waals surface area contributed by atoms with Gasteiger partial charge in [0.15, 0.2) is 0 Å². The number of ether oxygens (including phenoxy) is 1. The Morgan fingerprint density at radius 1 is 1.03 bits per heavy atom. The van der Waals surface area contributed by atoms with Crippen LogP contribution in [0.2, 0.25) is 0 Å². The van der Waals surface area contributed by atoms with Crippen molar-refractivity contribution in [2.45, 2.75) is 25.9 Å². The highest BCUT2D eigenvalue weighted by molar-refractivity contribution is 5.96. The van der Waals surface area contributed by atoms with Crippen molar-refractivity contribution in [3.8, 4) is 5.75 Å². The first-order chi connectivity index (χ1) is 15.6. The Balaban J connectivity index is 1.73. The standard InChI is InChI=1S/C25H25F3N2O3/c1-4-30(15-23(31)29-22-8-6-5-7-21(22)25(26,27)28)24(32)16(2)17-9-10-19-14-20(33-3)12-11-18(19)13-17/h5-14,16H,4,15H2,1-3H3,(H,29,31)/t16-/m0/s1. The molecular formula is C25H25F3N2O3. The van der Waals surface area contributed by atoms with Crippen LogP contribution in [0.5, 0.6) is 5.75 Å². The molecule has 8 heteroatoms. The number of fused-ring (bicyclic) bond motifs is 1. The zero-order chi connectivity index (χ0) is 24.2. The first kappa shape index (κ1) is 24.1. The highest BCUT2D eigenvalue weighted by atomic mass is 19.4. The van der Waals surface area contributed by atoms with Crippen molar-refractivity contribution < 1.29 is 27.5 Å². The summed E-state index contributed by atoms with van der Waals surface area (Å²) < 4.78 is 44.8. The molecule has 0 spiro atoms. The zero-order valence-electron chi connectivity index (χ0n) is 18.6. The van der Waals surface area contributed by atoms with Gasteiger partial charge in [-0.2, -0.15) is 13.2 Å². The SMILES string of the molecule is CCN(CC(=O)Nc1ccccc1C(F)(F)F)C(=O)[C@@H](C)c1ccc2cc(OC)ccc2c1. The molecule has 0 aromatic heterocycles. The minimum absolute atomic E-state index is 0.238. The second-order valence-corrected chi connectivity index (χ2v) is 7.64. The number of carbonyl (C=O) groups is 2. The first-order valence-electron chi connectivity index (χ1n) is 10.5. The predicted molar refractivity (Wildman–Crippen MR) is 121 cm³/mol. The van der Waals surface area contributed by atoms with Crippen LogP contribution in [-0.2, 0) is 15.8 Å². The minimum atomic E-state index is -4.60. The van der Waals surface area contributed by atoms with Crippen LogP contribution in [0.3, 0.4) is 0 Å². The number of likely N-dealkylation sites (N-methyl/N-ethyl adjacent to an activating group) is 1. The molecule has 174 valence electrons. The number of halogens is 3. The van der Waals surface area contributed by atoms with Gasteiger partial charge in [0.05, 0.1) is 30.8 Å². The zero-order valence-corrected chi connectivity index (χ0v) is 18.6. The Kier molecular flexibility index (Phi) is 7.26. The lowest BCUT2D eigenvalue weighted by molar-refractivity contribution is -0.137. The molecule has 0 saturated heterocycles. The molecule has 0 unspecified atom stereocenters. The number of hydrogen-bond donors (Lipinski definition) is 1. The summed E-state index contributed by atoms with van der Waals surface area (Å²) in [7, 11) is 1.59. The topological polar surface area (TPSA) is 58.6 Å². The van der Waals surface area contributed by atoms with Gasteiger partial charge >= 0.3 is 6.18 Å². The number of amides is 2. The molecule has 33 heavy (non-hydrogen) atoms. The first-order valence-corrected chi connectivity index (χ1v) is 10.5. The van der Waals surface area contributed by atoms with E-state index in [4.69, 9.17) is 4.74 Å². The Labute approximate surface area is 190 Å². The number of anilines is 1. The number of rotatable bonds is 7. The van der Waals surface area contributed by atoms with Crippen LogP contribution in [0.25, 0.3) is 10.8 Å². The fourth-order valence-electron chi connectivity index (χ4n) is 3.60. The molecule has 0 radical (unpaired) electrons. The molecule has 2 amide bonds. The van der Waals surface area contributed by atoms with E-state index in [1.807, 2.05) is 36.4 Å². The minimum Gasteiger partial charge on any atom is -0.497 e. The van der Waals surface area contributed by atoms with Crippen LogP contribution in [-0.4, -0.2) is 36.9 Å². The number of alkyl halides is 3. The maximum Gasteiger partial charge on any atom is 0.418 e. The van der Waals surface area contributed by atoms with Crippen molar-refractivity contribution in [1.29, 1.82) is 0 Å². The highest BCUT2D eigenvalue weighted by Gasteiger charge is 2.33. The maximum atomic E-state index is 13.2. The fraction of sp³-hybridized carbons (Fsp3) is 0.280. The van der Waals surface area contributed by atoms with E-state index in [-0.39, 0.29) is 24.7 Å². The maximum absolute atomic E-state index is 13.2. The summed E-state index contributed by atoms with van der Waals surface area (Å²) in [6.45, 7) is 3.35. The molecule has 0 bridgehead atoms. The molecule has 3 aromatic carbocycles. The van der Waals surface area contributed by atoms with Gasteiger partial charge in [-0.1, -0.05) is 36.4 Å². The fourth-order valence-corrected chi connectivity index (χ4v) is 3.60. The van der Waals surface area contributed by atoms with E-state index in [2.05, 4.69) is 5.32 Å². The van der Waals surface area contributed by atoms with Gasteiger partial charge in [0.25, 0.3) is 0 Å². The second kappa shape index (κ2) is 9.94. The largest absolute Gasteiger partial charge is 0.497 e. The van der Waals surface area contributed by atoms with Crippen molar-refractivity contribution in [2.75, 3.05) is 25.5 Å². The summed E-state index contributed by atoms with van der Waals surface area (Å²) in [6.07, 6.45) is -4.60. The summed E-state index contributed by atoms with van der Waals surface area (Å²) in [5.41, 5.74) is -0.496. The van der Waals surface area contributed by atoms with Crippen LogP contribution >= 0.6 is 0 Å². The van der Waals surface area contributed by atoms with Gasteiger partial charge < -0.3 is 15.0 Å². The molecule has 0 aliphatic carbocycles. The molecule has 0 aliphatic heterocycles. The third kappa shape index (κ3) is 5.63. The van der Waals surface area contributed by atoms with E-state index >= 15 is 0 Å². The van der Waals surface area contributed by atoms with Crippen molar-refractivity contribution in [1.82, 2.24) is 4.90 Å². The van der Waals surface area contributed by atoms with Crippen LogP contribution in [0.1, 0.15) is 30.9 Å². The predicted octanol–water partition coefficient (Wildman–Crippen LogP) is 5.46. The number of nitrogens with zero attached hydrogens (tertiary/aromatic N) is 1. The highest BCUT2D eigenvalue weighted by Crippen LogP contribution is 2.34. The molecule has 3 aromatic rings. The summed E-state index contributed by atoms with van der Waals surface area (Å²) in [6, 6.07) is 16.0. The average Bonchev–Trinajstić information content (AvgIpc) is 2.80. The van der Waals surface area contributed by atoms with E-state index in [0.29, 0.717) is 0 Å². The Bertz CT molecular complexity index is 1160. The Morgan fingerprint density at radius 2 is 1.70 bits per heavy atom. The molecule has 0 heterocycles. The average molecular weight is 458 g/mol. The molecule has 1 N–H and O–H groups in total. The Morgan fingerprint density at radius 3 is 2.36 bits per heavy atom. The number of benzene rings is 3. The van der Waals surface area contributed by atoms with Crippen LogP contribution < -0.4 is 10.1 Å². The van der Waals surface area contributed by atoms with Crippen LogP contribution in [0, 0.1) is 0 Å². The van der Waals surface area contributed by atoms with E-state index in [1.54, 1.807) is 21.0 Å². The number of nitrogens with one attached hydrogen (secondary N) is 1. The molecule has 0 saturated carbocycles. The summed E-state index contributed by atoms with van der Waals surface area (Å²) in [5.74, 6) is -0.786. The normalized spacial score (nSPS) is 12.3. The lowest BCUT2D eigenvalue weighted by Gasteiger charge is -2.24. The summed E-state index contributed by atoms with van der Waals surface area (Å²) in [4.78, 5) is 26.9. The van der Waals surface area contributed by atoms with Crippen molar-refractivity contribution in [3.05, 3.63) is 71.8 Å². The molecule has 3 rings (SSSR count). The molecule has 0 fully saturated rings. The van der Waals surface area contributed by atoms with Crippen LogP contribution in [0.4, 0.5) is 18.9 Å². The second-order valence-electron chi connectivity index (χ2n) is 7.64. The van der Waals surface area contributed by atoms with Gasteiger partial charge in [-0.3, -0.25) is 9.59 Å². The molecule has 0 aliphatic rings. The van der Waals surface area contributed by atoms with Gasteiger partial charge in [-0.25, -0.2) is 0 Å². The van der Waals surface area contributed by atoms with E-state index in [0.717, 1.165) is 28.2 Å². The number of carbonyl (C=O) groups excluding carboxylic acids is 2. The van der Waals surface area contributed by atoms with Gasteiger partial charge in [0.1, 0.15) is 5.75 Å². The smallest absolute Gasteiger partial charge is 0.418 e. The van der Waals surface area contributed by atoms with Crippen molar-refractivity contribution >= 4 is 28.3 Å². The lowest BCUT2D eigenvalue weighted by Crippen LogP contribution is -2.40. The van der Waals surface area contributed by atoms with Gasteiger partial charge in [0, 0.05) is 6.54 Å². The van der Waals surface area contributed by atoms with Crippen LogP contribution in [0.15, 0.2) is 60.7 Å². The van der Waals surface area contributed by atoms with Crippen molar-refractivity contribution in [2.24, 2.45) is 0 Å². The van der Waals surface area contributed by atoms with E-state index in [1.165, 1.54) is 23.1 Å². The molecule has 1 atom stereocenters. The summed E-state index contributed by atoms with van der Waals surface area (Å²) >= 11 is 0. The number of methoxy groups -OCH3 is 1. The van der Waals surface area contributed by atoms with Gasteiger partial charge in [-0.15, -0.1) is 0 Å². The monoisotopic (exact) mass is 458 g/mol. The quantitative estimate of drug-likeness (QED) is 0.512. The number of para-hydroxylation sites is 1. The van der Waals surface area contributed by atoms with Gasteiger partial charge in [-0.05, 0) is 54.4 Å². The third-order valence-electron chi connectivity index (χ3n) is 5.48. The number of hydrogen-bond acceptors (Lipinski definition) is 3. The third-order valence-corrected chi connectivity index (χ3v) is 5.48. The molecular weight excluding hydrogens is 433 g/mol.